The number of carboxylic acid groups (broad SMARTS) is 1. The minimum Gasteiger partial charge on any atom is -0.493 e. The molecule has 0 aliphatic heterocycles. The minimum atomic E-state index is -1.04. The molecule has 1 aromatic rings. The molecule has 5 nitrogen and oxygen atoms in total. The molecule has 0 aliphatic carbocycles. The van der Waals surface area contributed by atoms with E-state index in [0.717, 1.165) is 0 Å². The van der Waals surface area contributed by atoms with Crippen LogP contribution in [0.15, 0.2) is 24.3 Å². The predicted molar refractivity (Wildman–Crippen MR) is 71.3 cm³/mol. The number of hydrogen-bond acceptors (Lipinski definition) is 3. The lowest BCUT2D eigenvalue weighted by atomic mass is 10.0. The molecule has 5 heteroatoms. The van der Waals surface area contributed by atoms with Crippen molar-refractivity contribution in [1.82, 2.24) is 5.32 Å². The van der Waals surface area contributed by atoms with E-state index in [-0.39, 0.29) is 5.92 Å². The predicted octanol–water partition coefficient (Wildman–Crippen LogP) is 1.92. The summed E-state index contributed by atoms with van der Waals surface area (Å²) >= 11 is 0. The van der Waals surface area contributed by atoms with Crippen LogP contribution in [-0.4, -0.2) is 29.6 Å². The third-order valence-corrected chi connectivity index (χ3v) is 2.65. The quantitative estimate of drug-likeness (QED) is 0.824. The van der Waals surface area contributed by atoms with Crippen LogP contribution >= 0.6 is 0 Å². The fourth-order valence-corrected chi connectivity index (χ4v) is 1.67. The summed E-state index contributed by atoms with van der Waals surface area (Å²) in [6.07, 6.45) is 0. The maximum atomic E-state index is 12.1. The summed E-state index contributed by atoms with van der Waals surface area (Å²) in [6, 6.07) is 5.85. The largest absolute Gasteiger partial charge is 0.493 e. The second kappa shape index (κ2) is 6.78. The lowest BCUT2D eigenvalue weighted by Gasteiger charge is -2.18. The third-order valence-electron chi connectivity index (χ3n) is 2.65. The summed E-state index contributed by atoms with van der Waals surface area (Å²) in [6.45, 7) is 5.75. The second-order valence-corrected chi connectivity index (χ2v) is 4.46. The molecule has 1 rings (SSSR count). The smallest absolute Gasteiger partial charge is 0.326 e. The van der Waals surface area contributed by atoms with Crippen LogP contribution in [0.3, 0.4) is 0 Å². The standard InChI is InChI=1S/C14H19NO4/c1-4-19-11-8-6-5-7-10(11)13(16)15-12(9(2)3)14(17)18/h5-9,12H,4H2,1-3H3,(H,15,16)(H,17,18)/t12-/m1/s1. The van der Waals surface area contributed by atoms with Gasteiger partial charge in [-0.15, -0.1) is 0 Å². The SMILES string of the molecule is CCOc1ccccc1C(=O)N[C@@H](C(=O)O)C(C)C. The Hall–Kier alpha value is -2.04. The molecule has 0 radical (unpaired) electrons. The van der Waals surface area contributed by atoms with Crippen LogP contribution in [0.4, 0.5) is 0 Å². The number of carboxylic acids is 1. The molecule has 0 fully saturated rings. The Kier molecular flexibility index (Phi) is 5.36. The van der Waals surface area contributed by atoms with Crippen molar-refractivity contribution in [2.45, 2.75) is 26.8 Å². The molecule has 19 heavy (non-hydrogen) atoms. The second-order valence-electron chi connectivity index (χ2n) is 4.46. The normalized spacial score (nSPS) is 12.0. The Morgan fingerprint density at radius 2 is 1.95 bits per heavy atom. The number of hydrogen-bond donors (Lipinski definition) is 2. The van der Waals surface area contributed by atoms with Gasteiger partial charge in [0.2, 0.25) is 0 Å². The van der Waals surface area contributed by atoms with Crippen LogP contribution < -0.4 is 10.1 Å². The number of nitrogens with one attached hydrogen (secondary N) is 1. The molecule has 0 heterocycles. The van der Waals surface area contributed by atoms with Crippen LogP contribution in [0.5, 0.6) is 5.75 Å². The molecule has 0 spiro atoms. The van der Waals surface area contributed by atoms with E-state index in [1.54, 1.807) is 38.1 Å². The average molecular weight is 265 g/mol. The van der Waals surface area contributed by atoms with Crippen LogP contribution in [0, 0.1) is 5.92 Å². The zero-order valence-corrected chi connectivity index (χ0v) is 11.3. The van der Waals surface area contributed by atoms with Gasteiger partial charge in [0.25, 0.3) is 5.91 Å². The van der Waals surface area contributed by atoms with E-state index in [1.165, 1.54) is 0 Å². The molecule has 0 bridgehead atoms. The number of carbonyl (C=O) groups excluding carboxylic acids is 1. The van der Waals surface area contributed by atoms with E-state index >= 15 is 0 Å². The highest BCUT2D eigenvalue weighted by Crippen LogP contribution is 2.18. The zero-order chi connectivity index (χ0) is 14.4. The van der Waals surface area contributed by atoms with Gasteiger partial charge < -0.3 is 15.2 Å². The number of para-hydroxylation sites is 1. The minimum absolute atomic E-state index is 0.194. The number of carbonyl (C=O) groups is 2. The molecule has 104 valence electrons. The van der Waals surface area contributed by atoms with Crippen molar-refractivity contribution in [1.29, 1.82) is 0 Å². The highest BCUT2D eigenvalue weighted by molar-refractivity contribution is 5.98. The van der Waals surface area contributed by atoms with E-state index in [0.29, 0.717) is 17.9 Å². The van der Waals surface area contributed by atoms with E-state index in [1.807, 2.05) is 6.92 Å². The highest BCUT2D eigenvalue weighted by Gasteiger charge is 2.25. The average Bonchev–Trinajstić information content (AvgIpc) is 2.36. The first-order chi connectivity index (χ1) is 8.97. The van der Waals surface area contributed by atoms with Gasteiger partial charge in [-0.3, -0.25) is 4.79 Å². The number of benzene rings is 1. The van der Waals surface area contributed by atoms with E-state index in [4.69, 9.17) is 9.84 Å². The maximum absolute atomic E-state index is 12.1. The van der Waals surface area contributed by atoms with Crippen molar-refractivity contribution in [3.63, 3.8) is 0 Å². The van der Waals surface area contributed by atoms with Gasteiger partial charge in [-0.1, -0.05) is 26.0 Å². The number of aliphatic carboxylic acids is 1. The maximum Gasteiger partial charge on any atom is 0.326 e. The van der Waals surface area contributed by atoms with Gasteiger partial charge >= 0.3 is 5.97 Å². The number of rotatable bonds is 6. The third kappa shape index (κ3) is 3.98. The van der Waals surface area contributed by atoms with Crippen molar-refractivity contribution >= 4 is 11.9 Å². The Balaban J connectivity index is 2.91. The van der Waals surface area contributed by atoms with Gasteiger partial charge in [-0.05, 0) is 25.0 Å². The van der Waals surface area contributed by atoms with E-state index < -0.39 is 17.9 Å². The van der Waals surface area contributed by atoms with Crippen molar-refractivity contribution in [2.24, 2.45) is 5.92 Å². The zero-order valence-electron chi connectivity index (χ0n) is 11.3. The fourth-order valence-electron chi connectivity index (χ4n) is 1.67. The summed E-state index contributed by atoms with van der Waals surface area (Å²) in [5, 5.41) is 11.6. The summed E-state index contributed by atoms with van der Waals surface area (Å²) < 4.78 is 5.35. The molecule has 0 aromatic heterocycles. The molecule has 1 amide bonds. The topological polar surface area (TPSA) is 75.6 Å². The molecule has 0 saturated heterocycles. The van der Waals surface area contributed by atoms with Gasteiger partial charge in [0.05, 0.1) is 12.2 Å². The van der Waals surface area contributed by atoms with Crippen molar-refractivity contribution in [3.05, 3.63) is 29.8 Å². The van der Waals surface area contributed by atoms with Gasteiger partial charge in [-0.2, -0.15) is 0 Å². The van der Waals surface area contributed by atoms with E-state index in [2.05, 4.69) is 5.32 Å². The van der Waals surface area contributed by atoms with Crippen LogP contribution in [0.1, 0.15) is 31.1 Å². The van der Waals surface area contributed by atoms with Crippen LogP contribution in [0.2, 0.25) is 0 Å². The lowest BCUT2D eigenvalue weighted by Crippen LogP contribution is -2.44. The van der Waals surface area contributed by atoms with Crippen molar-refractivity contribution < 1.29 is 19.4 Å². The molecule has 0 aliphatic rings. The number of amides is 1. The first-order valence-corrected chi connectivity index (χ1v) is 6.22. The Morgan fingerprint density at radius 3 is 2.47 bits per heavy atom. The Labute approximate surface area is 112 Å². The first kappa shape index (κ1) is 15.0. The Morgan fingerprint density at radius 1 is 1.32 bits per heavy atom. The van der Waals surface area contributed by atoms with E-state index in [9.17, 15) is 9.59 Å². The Bertz CT molecular complexity index is 457. The van der Waals surface area contributed by atoms with Gasteiger partial charge in [0.1, 0.15) is 11.8 Å². The summed E-state index contributed by atoms with van der Waals surface area (Å²) in [5.74, 6) is -1.22. The molecule has 1 atom stereocenters. The monoisotopic (exact) mass is 265 g/mol. The molecule has 0 unspecified atom stereocenters. The van der Waals surface area contributed by atoms with Crippen LogP contribution in [0.25, 0.3) is 0 Å². The first-order valence-electron chi connectivity index (χ1n) is 6.22. The number of ether oxygens (including phenoxy) is 1. The van der Waals surface area contributed by atoms with Crippen LogP contribution in [-0.2, 0) is 4.79 Å². The van der Waals surface area contributed by atoms with Crippen molar-refractivity contribution in [2.75, 3.05) is 6.61 Å². The highest BCUT2D eigenvalue weighted by atomic mass is 16.5. The van der Waals surface area contributed by atoms with Gasteiger partial charge in [-0.25, -0.2) is 4.79 Å². The van der Waals surface area contributed by atoms with Gasteiger partial charge in [0.15, 0.2) is 0 Å². The molecular formula is C14H19NO4. The van der Waals surface area contributed by atoms with Crippen molar-refractivity contribution in [3.8, 4) is 5.75 Å². The molecule has 0 saturated carbocycles. The summed E-state index contributed by atoms with van der Waals surface area (Å²) in [4.78, 5) is 23.2. The molecule has 2 N–H and O–H groups in total. The fraction of sp³-hybridized carbons (Fsp3) is 0.429. The molecule has 1 aromatic carbocycles. The summed E-state index contributed by atoms with van der Waals surface area (Å²) in [7, 11) is 0. The molecular weight excluding hydrogens is 246 g/mol. The van der Waals surface area contributed by atoms with Gasteiger partial charge in [0, 0.05) is 0 Å². The lowest BCUT2D eigenvalue weighted by molar-refractivity contribution is -0.140. The summed E-state index contributed by atoms with van der Waals surface area (Å²) in [5.41, 5.74) is 0.344.